The average Bonchev–Trinajstić information content (AvgIpc) is 3.41. The molecule has 1 aliphatic heterocycles. The van der Waals surface area contributed by atoms with Gasteiger partial charge in [0.2, 0.25) is 0 Å². The maximum atomic E-state index is 13.4. The summed E-state index contributed by atoms with van der Waals surface area (Å²) in [6.07, 6.45) is 0. The second-order valence-corrected chi connectivity index (χ2v) is 9.89. The van der Waals surface area contributed by atoms with Crippen molar-refractivity contribution >= 4 is 34.5 Å². The van der Waals surface area contributed by atoms with E-state index in [1.807, 2.05) is 32.2 Å². The molecule has 1 aliphatic rings. The maximum Gasteiger partial charge on any atom is 0.300 e. The van der Waals surface area contributed by atoms with Gasteiger partial charge in [-0.3, -0.25) is 14.5 Å². The summed E-state index contributed by atoms with van der Waals surface area (Å²) >= 11 is 1.42. The molecule has 4 rings (SSSR count). The Morgan fingerprint density at radius 3 is 2.31 bits per heavy atom. The van der Waals surface area contributed by atoms with E-state index in [2.05, 4.69) is 0 Å². The average molecular weight is 508 g/mol. The van der Waals surface area contributed by atoms with E-state index in [1.54, 1.807) is 42.5 Å². The molecule has 0 spiro atoms. The molecular formula is C28H29NO6S. The summed E-state index contributed by atoms with van der Waals surface area (Å²) in [5, 5.41) is 13.3. The Hall–Kier alpha value is -3.78. The normalized spacial score (nSPS) is 17.1. The third kappa shape index (κ3) is 4.81. The van der Waals surface area contributed by atoms with Crippen LogP contribution in [0.15, 0.2) is 59.5 Å². The third-order valence-electron chi connectivity index (χ3n) is 5.90. The molecule has 36 heavy (non-hydrogen) atoms. The van der Waals surface area contributed by atoms with Crippen LogP contribution in [0.2, 0.25) is 0 Å². The van der Waals surface area contributed by atoms with Crippen LogP contribution in [0.3, 0.4) is 0 Å². The Kier molecular flexibility index (Phi) is 7.35. The molecule has 2 aromatic carbocycles. The van der Waals surface area contributed by atoms with Crippen molar-refractivity contribution in [1.29, 1.82) is 0 Å². The molecule has 1 amide bonds. The molecule has 1 unspecified atom stereocenters. The highest BCUT2D eigenvalue weighted by molar-refractivity contribution is 7.10. The van der Waals surface area contributed by atoms with E-state index >= 15 is 0 Å². The summed E-state index contributed by atoms with van der Waals surface area (Å²) in [5.41, 5.74) is 1.76. The van der Waals surface area contributed by atoms with Crippen LogP contribution in [-0.2, 0) is 9.59 Å². The van der Waals surface area contributed by atoms with Gasteiger partial charge in [-0.1, -0.05) is 26.0 Å². The van der Waals surface area contributed by atoms with Crippen LogP contribution in [-0.4, -0.2) is 37.6 Å². The monoisotopic (exact) mass is 507 g/mol. The van der Waals surface area contributed by atoms with Crippen molar-refractivity contribution in [2.75, 3.05) is 25.7 Å². The molecule has 188 valence electrons. The number of methoxy groups -OCH3 is 2. The lowest BCUT2D eigenvalue weighted by atomic mass is 9.98. The number of benzene rings is 2. The number of ketones is 1. The summed E-state index contributed by atoms with van der Waals surface area (Å²) in [7, 11) is 3.03. The predicted molar refractivity (Wildman–Crippen MR) is 140 cm³/mol. The number of thiophene rings is 1. The van der Waals surface area contributed by atoms with Crippen molar-refractivity contribution in [1.82, 2.24) is 0 Å². The Morgan fingerprint density at radius 1 is 1.03 bits per heavy atom. The molecule has 1 N–H and O–H groups in total. The minimum absolute atomic E-state index is 0.0216. The lowest BCUT2D eigenvalue weighted by molar-refractivity contribution is -0.132. The fraction of sp³-hybridized carbons (Fsp3) is 0.286. The van der Waals surface area contributed by atoms with Crippen LogP contribution in [0.25, 0.3) is 5.76 Å². The highest BCUT2D eigenvalue weighted by Crippen LogP contribution is 2.46. The molecular weight excluding hydrogens is 478 g/mol. The lowest BCUT2D eigenvalue weighted by Gasteiger charge is -2.25. The second-order valence-electron chi connectivity index (χ2n) is 8.94. The molecule has 3 aromatic rings. The van der Waals surface area contributed by atoms with Crippen molar-refractivity contribution < 1.29 is 28.9 Å². The maximum absolute atomic E-state index is 13.4. The first-order valence-corrected chi connectivity index (χ1v) is 12.4. The number of rotatable bonds is 8. The van der Waals surface area contributed by atoms with Gasteiger partial charge in [0.05, 0.1) is 32.1 Å². The summed E-state index contributed by atoms with van der Waals surface area (Å²) in [6, 6.07) is 13.0. The number of nitrogens with zero attached hydrogens (tertiary/aromatic N) is 1. The summed E-state index contributed by atoms with van der Waals surface area (Å²) in [6.45, 7) is 6.52. The number of ether oxygens (including phenoxy) is 3. The van der Waals surface area contributed by atoms with Crippen molar-refractivity contribution in [3.8, 4) is 17.2 Å². The Labute approximate surface area is 214 Å². The highest BCUT2D eigenvalue weighted by Gasteiger charge is 2.48. The minimum atomic E-state index is -0.818. The molecule has 0 saturated carbocycles. The van der Waals surface area contributed by atoms with Gasteiger partial charge in [0.25, 0.3) is 11.7 Å². The number of hydrogen-bond donors (Lipinski definition) is 1. The number of aryl methyl sites for hydroxylation is 1. The molecule has 1 atom stereocenters. The van der Waals surface area contributed by atoms with Crippen molar-refractivity contribution in [3.05, 3.63) is 75.5 Å². The van der Waals surface area contributed by atoms with Gasteiger partial charge in [-0.25, -0.2) is 0 Å². The van der Waals surface area contributed by atoms with Gasteiger partial charge in [-0.05, 0) is 42.0 Å². The van der Waals surface area contributed by atoms with E-state index in [4.69, 9.17) is 14.2 Å². The van der Waals surface area contributed by atoms with Gasteiger partial charge in [-0.2, -0.15) is 0 Å². The second kappa shape index (κ2) is 10.5. The van der Waals surface area contributed by atoms with E-state index in [0.717, 1.165) is 10.4 Å². The number of aliphatic hydroxyl groups is 1. The van der Waals surface area contributed by atoms with Gasteiger partial charge in [-0.15, -0.1) is 11.3 Å². The van der Waals surface area contributed by atoms with Crippen LogP contribution in [0, 0.1) is 12.8 Å². The molecule has 0 aliphatic carbocycles. The number of aliphatic hydroxyl groups excluding tert-OH is 1. The predicted octanol–water partition coefficient (Wildman–Crippen LogP) is 5.73. The summed E-state index contributed by atoms with van der Waals surface area (Å²) in [4.78, 5) is 29.1. The van der Waals surface area contributed by atoms with Crippen molar-refractivity contribution in [2.45, 2.75) is 26.8 Å². The van der Waals surface area contributed by atoms with Crippen LogP contribution < -0.4 is 19.1 Å². The van der Waals surface area contributed by atoms with Gasteiger partial charge >= 0.3 is 0 Å². The zero-order valence-electron chi connectivity index (χ0n) is 20.9. The summed E-state index contributed by atoms with van der Waals surface area (Å²) < 4.78 is 16.6. The van der Waals surface area contributed by atoms with Gasteiger partial charge in [0, 0.05) is 28.6 Å². The molecule has 2 heterocycles. The Morgan fingerprint density at radius 2 is 1.72 bits per heavy atom. The van der Waals surface area contributed by atoms with Crippen molar-refractivity contribution in [3.63, 3.8) is 0 Å². The SMILES string of the molecule is COc1cc(OC)cc(N2C(=O)C(=O)/C(=C(\O)c3cccc(OCC(C)C)c3)C2c2sccc2C)c1. The van der Waals surface area contributed by atoms with E-state index < -0.39 is 17.7 Å². The van der Waals surface area contributed by atoms with E-state index in [-0.39, 0.29) is 11.3 Å². The first-order chi connectivity index (χ1) is 17.2. The fourth-order valence-electron chi connectivity index (χ4n) is 4.09. The highest BCUT2D eigenvalue weighted by atomic mass is 32.1. The van der Waals surface area contributed by atoms with Crippen molar-refractivity contribution in [2.24, 2.45) is 5.92 Å². The summed E-state index contributed by atoms with van der Waals surface area (Å²) in [5.74, 6) is 0.0966. The molecule has 1 aromatic heterocycles. The number of carbonyl (C=O) groups excluding carboxylic acids is 2. The number of hydrogen-bond acceptors (Lipinski definition) is 7. The molecule has 8 heteroatoms. The molecule has 7 nitrogen and oxygen atoms in total. The van der Waals surface area contributed by atoms with Crippen LogP contribution in [0.4, 0.5) is 5.69 Å². The quantitative estimate of drug-likeness (QED) is 0.238. The smallest absolute Gasteiger partial charge is 0.300 e. The minimum Gasteiger partial charge on any atom is -0.507 e. The zero-order chi connectivity index (χ0) is 26.0. The Balaban J connectivity index is 1.89. The van der Waals surface area contributed by atoms with E-state index in [1.165, 1.54) is 30.5 Å². The lowest BCUT2D eigenvalue weighted by Crippen LogP contribution is -2.29. The Bertz CT molecular complexity index is 1300. The molecule has 1 saturated heterocycles. The van der Waals surface area contributed by atoms with E-state index in [9.17, 15) is 14.7 Å². The standard InChI is InChI=1S/C28H29NO6S/c1-16(2)15-35-20-8-6-7-18(11-20)25(30)23-24(27-17(3)9-10-36-27)29(28(32)26(23)31)19-12-21(33-4)14-22(13-19)34-5/h6-14,16,24,30H,15H2,1-5H3/b25-23-. The number of anilines is 1. The first kappa shape index (κ1) is 25.3. The van der Waals surface area contributed by atoms with E-state index in [0.29, 0.717) is 41.0 Å². The number of amides is 1. The largest absolute Gasteiger partial charge is 0.507 e. The van der Waals surface area contributed by atoms with Gasteiger partial charge in [0.15, 0.2) is 0 Å². The molecule has 0 bridgehead atoms. The van der Waals surface area contributed by atoms with Crippen LogP contribution in [0.5, 0.6) is 17.2 Å². The topological polar surface area (TPSA) is 85.3 Å². The third-order valence-corrected chi connectivity index (χ3v) is 6.97. The van der Waals surface area contributed by atoms with Crippen LogP contribution in [0.1, 0.15) is 35.9 Å². The number of carbonyl (C=O) groups is 2. The van der Waals surface area contributed by atoms with Gasteiger partial charge < -0.3 is 19.3 Å². The first-order valence-electron chi connectivity index (χ1n) is 11.6. The molecule has 1 fully saturated rings. The fourth-order valence-corrected chi connectivity index (χ4v) is 5.12. The van der Waals surface area contributed by atoms with Gasteiger partial charge in [0.1, 0.15) is 29.0 Å². The zero-order valence-corrected chi connectivity index (χ0v) is 21.7. The molecule has 0 radical (unpaired) electrons. The van der Waals surface area contributed by atoms with Crippen LogP contribution >= 0.6 is 11.3 Å². The number of Topliss-reactive ketones (excluding diaryl/α,β-unsaturated/α-hetero) is 1.